The third-order valence-corrected chi connectivity index (χ3v) is 6.07. The molecule has 2 N–H and O–H groups in total. The van der Waals surface area contributed by atoms with E-state index in [4.69, 9.17) is 0 Å². The van der Waals surface area contributed by atoms with Gasteiger partial charge >= 0.3 is 6.18 Å². The first-order chi connectivity index (χ1) is 15.2. The highest BCUT2D eigenvalue weighted by atomic mass is 32.1. The predicted octanol–water partition coefficient (Wildman–Crippen LogP) is 6.01. The molecule has 0 bridgehead atoms. The summed E-state index contributed by atoms with van der Waals surface area (Å²) in [6.45, 7) is 4.45. The number of nitrogens with one attached hydrogen (secondary N) is 2. The van der Waals surface area contributed by atoms with Crippen LogP contribution >= 0.6 is 11.3 Å². The third-order valence-electron chi connectivity index (χ3n) is 5.14. The molecule has 0 aliphatic carbocycles. The van der Waals surface area contributed by atoms with Gasteiger partial charge in [0.25, 0.3) is 5.91 Å². The average molecular weight is 459 g/mol. The predicted molar refractivity (Wildman–Crippen MR) is 120 cm³/mol. The molecule has 0 fully saturated rings. The Morgan fingerprint density at radius 2 is 1.84 bits per heavy atom. The number of aryl methyl sites for hydroxylation is 1. The third kappa shape index (κ3) is 4.67. The number of nitrogens with zero attached hydrogens (tertiary/aromatic N) is 2. The number of fused-ring (bicyclic) bond motifs is 1. The molecule has 1 amide bonds. The van der Waals surface area contributed by atoms with Crippen molar-refractivity contribution in [3.05, 3.63) is 64.7 Å². The van der Waals surface area contributed by atoms with Crippen LogP contribution < -0.4 is 10.6 Å². The van der Waals surface area contributed by atoms with E-state index in [2.05, 4.69) is 20.8 Å². The molecule has 32 heavy (non-hydrogen) atoms. The molecule has 0 saturated heterocycles. The standard InChI is InChI=1S/C23H21F3N4OS/c1-13(2)19-17-12-15(7-10-18(17)28-20(19)31)21-29-30-22(32-21)27-11-3-4-14-5-8-16(9-6-14)23(24,25)26/h5-10,12H,3-4,11H2,1-2H3,(H,27,30)(H,28,31). The zero-order chi connectivity index (χ0) is 22.9. The molecular formula is C23H21F3N4OS. The van der Waals surface area contributed by atoms with Crippen LogP contribution in [0.4, 0.5) is 24.0 Å². The summed E-state index contributed by atoms with van der Waals surface area (Å²) in [4.78, 5) is 12.2. The van der Waals surface area contributed by atoms with E-state index in [0.717, 1.165) is 51.5 Å². The van der Waals surface area contributed by atoms with Gasteiger partial charge in [0, 0.05) is 28.9 Å². The maximum atomic E-state index is 12.6. The Morgan fingerprint density at radius 1 is 1.09 bits per heavy atom. The van der Waals surface area contributed by atoms with E-state index in [1.54, 1.807) is 0 Å². The largest absolute Gasteiger partial charge is 0.416 e. The number of carbonyl (C=O) groups is 1. The Labute approximate surface area is 187 Å². The highest BCUT2D eigenvalue weighted by Crippen LogP contribution is 2.37. The lowest BCUT2D eigenvalue weighted by Crippen LogP contribution is -2.05. The molecule has 1 aliphatic rings. The van der Waals surface area contributed by atoms with E-state index in [9.17, 15) is 18.0 Å². The normalized spacial score (nSPS) is 13.2. The van der Waals surface area contributed by atoms with Crippen LogP contribution in [0.5, 0.6) is 0 Å². The van der Waals surface area contributed by atoms with Crippen LogP contribution in [0.1, 0.15) is 37.0 Å². The summed E-state index contributed by atoms with van der Waals surface area (Å²) in [6, 6.07) is 11.0. The van der Waals surface area contributed by atoms with Crippen molar-refractivity contribution in [3.63, 3.8) is 0 Å². The van der Waals surface area contributed by atoms with E-state index in [-0.39, 0.29) is 5.91 Å². The Balaban J connectivity index is 1.35. The first-order valence-corrected chi connectivity index (χ1v) is 10.9. The SMILES string of the molecule is CC(C)=C1C(=O)Nc2ccc(-c3nnc(NCCCc4ccc(C(F)(F)F)cc4)s3)cc21. The van der Waals surface area contributed by atoms with E-state index in [1.165, 1.54) is 23.5 Å². The summed E-state index contributed by atoms with van der Waals surface area (Å²) in [6.07, 6.45) is -2.90. The molecule has 9 heteroatoms. The van der Waals surface area contributed by atoms with Crippen molar-refractivity contribution in [2.45, 2.75) is 32.9 Å². The molecule has 5 nitrogen and oxygen atoms in total. The minimum Gasteiger partial charge on any atom is -0.360 e. The first kappa shape index (κ1) is 22.0. The zero-order valence-corrected chi connectivity index (χ0v) is 18.3. The number of hydrogen-bond donors (Lipinski definition) is 2. The number of benzene rings is 2. The number of anilines is 2. The maximum absolute atomic E-state index is 12.6. The first-order valence-electron chi connectivity index (χ1n) is 10.1. The van der Waals surface area contributed by atoms with Gasteiger partial charge in [0.15, 0.2) is 0 Å². The highest BCUT2D eigenvalue weighted by molar-refractivity contribution is 7.18. The Morgan fingerprint density at radius 3 is 2.53 bits per heavy atom. The number of alkyl halides is 3. The lowest BCUT2D eigenvalue weighted by molar-refractivity contribution is -0.137. The second kappa shape index (κ2) is 8.74. The second-order valence-electron chi connectivity index (χ2n) is 7.73. The van der Waals surface area contributed by atoms with E-state index in [0.29, 0.717) is 23.7 Å². The lowest BCUT2D eigenvalue weighted by atomic mass is 10.0. The number of rotatable bonds is 6. The van der Waals surface area contributed by atoms with Gasteiger partial charge in [-0.15, -0.1) is 10.2 Å². The van der Waals surface area contributed by atoms with Gasteiger partial charge in [0.05, 0.1) is 5.56 Å². The van der Waals surface area contributed by atoms with Gasteiger partial charge in [0.1, 0.15) is 5.01 Å². The molecule has 1 aliphatic heterocycles. The van der Waals surface area contributed by atoms with Gasteiger partial charge < -0.3 is 10.6 Å². The van der Waals surface area contributed by atoms with E-state index < -0.39 is 11.7 Å². The van der Waals surface area contributed by atoms with Crippen LogP contribution in [0.3, 0.4) is 0 Å². The molecule has 0 atom stereocenters. The molecule has 2 heterocycles. The summed E-state index contributed by atoms with van der Waals surface area (Å²) < 4.78 is 37.9. The minimum atomic E-state index is -4.31. The fourth-order valence-corrected chi connectivity index (χ4v) is 4.32. The Bertz CT molecular complexity index is 1180. The summed E-state index contributed by atoms with van der Waals surface area (Å²) in [5.74, 6) is -0.0928. The fourth-order valence-electron chi connectivity index (χ4n) is 3.56. The summed E-state index contributed by atoms with van der Waals surface area (Å²) in [5.41, 5.74) is 4.40. The van der Waals surface area contributed by atoms with Crippen LogP contribution in [-0.2, 0) is 17.4 Å². The lowest BCUT2D eigenvalue weighted by Gasteiger charge is -2.07. The van der Waals surface area contributed by atoms with Crippen molar-refractivity contribution in [2.75, 3.05) is 17.2 Å². The van der Waals surface area contributed by atoms with Crippen LogP contribution in [0, 0.1) is 0 Å². The number of aromatic nitrogens is 2. The van der Waals surface area contributed by atoms with Crippen LogP contribution in [-0.4, -0.2) is 22.6 Å². The summed E-state index contributed by atoms with van der Waals surface area (Å²) in [7, 11) is 0. The summed E-state index contributed by atoms with van der Waals surface area (Å²) >= 11 is 1.41. The Kier molecular flexibility index (Phi) is 6.01. The van der Waals surface area contributed by atoms with E-state index >= 15 is 0 Å². The number of halogens is 3. The van der Waals surface area contributed by atoms with Crippen molar-refractivity contribution in [1.29, 1.82) is 0 Å². The maximum Gasteiger partial charge on any atom is 0.416 e. The quantitative estimate of drug-likeness (QED) is 0.350. The smallest absolute Gasteiger partial charge is 0.360 e. The zero-order valence-electron chi connectivity index (χ0n) is 17.5. The molecule has 4 rings (SSSR count). The van der Waals surface area contributed by atoms with Gasteiger partial charge in [-0.3, -0.25) is 4.79 Å². The summed E-state index contributed by atoms with van der Waals surface area (Å²) in [5, 5.41) is 15.9. The van der Waals surface area contributed by atoms with Gasteiger partial charge in [-0.1, -0.05) is 29.0 Å². The monoisotopic (exact) mass is 458 g/mol. The van der Waals surface area contributed by atoms with Crippen molar-refractivity contribution < 1.29 is 18.0 Å². The second-order valence-corrected chi connectivity index (χ2v) is 8.70. The van der Waals surface area contributed by atoms with Crippen LogP contribution in [0.2, 0.25) is 0 Å². The number of carbonyl (C=O) groups excluding carboxylic acids is 1. The van der Waals surface area contributed by atoms with Crippen molar-refractivity contribution in [3.8, 4) is 10.6 Å². The molecule has 2 aromatic carbocycles. The van der Waals surface area contributed by atoms with Crippen LogP contribution in [0.25, 0.3) is 16.1 Å². The van der Waals surface area contributed by atoms with Gasteiger partial charge in [-0.05, 0) is 62.6 Å². The molecule has 1 aromatic heterocycles. The molecule has 166 valence electrons. The molecule has 0 radical (unpaired) electrons. The molecule has 0 saturated carbocycles. The molecule has 0 spiro atoms. The number of hydrogen-bond acceptors (Lipinski definition) is 5. The highest BCUT2D eigenvalue weighted by Gasteiger charge is 2.30. The van der Waals surface area contributed by atoms with Crippen LogP contribution in [0.15, 0.2) is 48.0 Å². The Hall–Kier alpha value is -3.20. The van der Waals surface area contributed by atoms with Crippen molar-refractivity contribution >= 4 is 33.6 Å². The molecule has 3 aromatic rings. The van der Waals surface area contributed by atoms with Crippen molar-refractivity contribution in [1.82, 2.24) is 10.2 Å². The number of allylic oxidation sites excluding steroid dienone is 1. The minimum absolute atomic E-state index is 0.0928. The molecular weight excluding hydrogens is 437 g/mol. The van der Waals surface area contributed by atoms with E-state index in [1.807, 2.05) is 32.0 Å². The number of amides is 1. The van der Waals surface area contributed by atoms with Gasteiger partial charge in [-0.25, -0.2) is 0 Å². The van der Waals surface area contributed by atoms with Gasteiger partial charge in [0.2, 0.25) is 5.13 Å². The molecule has 0 unspecified atom stereocenters. The fraction of sp³-hybridized carbons (Fsp3) is 0.261. The average Bonchev–Trinajstić information content (AvgIpc) is 3.33. The van der Waals surface area contributed by atoms with Gasteiger partial charge in [-0.2, -0.15) is 13.2 Å². The van der Waals surface area contributed by atoms with Crippen molar-refractivity contribution in [2.24, 2.45) is 0 Å². The topological polar surface area (TPSA) is 66.9 Å².